The summed E-state index contributed by atoms with van der Waals surface area (Å²) in [6, 6.07) is 0.0709. The molecule has 2 atom stereocenters. The minimum Gasteiger partial charge on any atom is -0.474 e. The zero-order chi connectivity index (χ0) is 29.5. The van der Waals surface area contributed by atoms with Gasteiger partial charge in [0.1, 0.15) is 29.0 Å². The molecule has 1 fully saturated rings. The van der Waals surface area contributed by atoms with Crippen LogP contribution in [0.4, 0.5) is 4.79 Å². The Hall–Kier alpha value is -2.24. The van der Waals surface area contributed by atoms with Gasteiger partial charge in [-0.25, -0.2) is 14.8 Å². The van der Waals surface area contributed by atoms with E-state index in [0.29, 0.717) is 12.3 Å². The molecule has 0 unspecified atom stereocenters. The quantitative estimate of drug-likeness (QED) is 0.351. The van der Waals surface area contributed by atoms with Gasteiger partial charge in [0.25, 0.3) is 0 Å². The van der Waals surface area contributed by atoms with E-state index in [4.69, 9.17) is 19.6 Å². The first kappa shape index (κ1) is 30.7. The number of alkyl carbamates (subject to hydrolysis) is 1. The Bertz CT molecular complexity index is 1230. The van der Waals surface area contributed by atoms with Gasteiger partial charge in [-0.05, 0) is 95.3 Å². The van der Waals surface area contributed by atoms with Crippen LogP contribution in [-0.2, 0) is 20.4 Å². The fourth-order valence-corrected chi connectivity index (χ4v) is 7.84. The van der Waals surface area contributed by atoms with E-state index in [-0.39, 0.29) is 29.2 Å². The van der Waals surface area contributed by atoms with Crippen LogP contribution in [0.2, 0.25) is 18.1 Å². The van der Waals surface area contributed by atoms with Crippen molar-refractivity contribution < 1.29 is 23.5 Å². The lowest BCUT2D eigenvalue weighted by molar-refractivity contribution is -0.125. The van der Waals surface area contributed by atoms with Crippen molar-refractivity contribution in [2.75, 3.05) is 0 Å². The van der Waals surface area contributed by atoms with E-state index in [1.54, 1.807) is 17.7 Å². The second kappa shape index (κ2) is 11.6. The van der Waals surface area contributed by atoms with Crippen LogP contribution in [0, 0.1) is 0 Å². The Morgan fingerprint density at radius 2 is 1.77 bits per heavy atom. The molecule has 2 aromatic heterocycles. The van der Waals surface area contributed by atoms with E-state index in [1.807, 2.05) is 20.8 Å². The Morgan fingerprint density at radius 1 is 1.10 bits per heavy atom. The second-order valence-corrected chi connectivity index (χ2v) is 19.6. The summed E-state index contributed by atoms with van der Waals surface area (Å²) in [7, 11) is -2.18. The molecule has 0 spiro atoms. The molecule has 0 bridgehead atoms. The average Bonchev–Trinajstić information content (AvgIpc) is 3.37. The number of fused-ring (bicyclic) bond motifs is 3. The van der Waals surface area contributed by atoms with Gasteiger partial charge in [-0.1, -0.05) is 20.8 Å². The Balaban J connectivity index is 1.47. The SMILES string of the molecule is CC(C)(C)OC(=O)N[C@H]1CC[C@H](Oc2ncnc3sc4c(c23)[C@@H](C[C@H](O[Si](C)(C)C(C)(C)C)C(N)=O)CC4)CC1. The van der Waals surface area contributed by atoms with Crippen molar-refractivity contribution in [1.82, 2.24) is 15.3 Å². The Morgan fingerprint density at radius 3 is 2.38 bits per heavy atom. The largest absolute Gasteiger partial charge is 0.474 e. The molecule has 0 radical (unpaired) electrons. The predicted octanol–water partition coefficient (Wildman–Crippen LogP) is 6.20. The number of aromatic nitrogens is 2. The van der Waals surface area contributed by atoms with Crippen molar-refractivity contribution in [2.24, 2.45) is 5.73 Å². The molecule has 1 saturated carbocycles. The van der Waals surface area contributed by atoms with Crippen LogP contribution in [0.1, 0.15) is 96.4 Å². The van der Waals surface area contributed by atoms with Crippen LogP contribution in [0.5, 0.6) is 5.88 Å². The smallest absolute Gasteiger partial charge is 0.407 e. The van der Waals surface area contributed by atoms with E-state index < -0.39 is 25.9 Å². The molecule has 0 aliphatic heterocycles. The summed E-state index contributed by atoms with van der Waals surface area (Å²) in [5.41, 5.74) is 6.55. The second-order valence-electron chi connectivity index (χ2n) is 13.8. The van der Waals surface area contributed by atoms with Gasteiger partial charge in [-0.3, -0.25) is 4.79 Å². The summed E-state index contributed by atoms with van der Waals surface area (Å²) in [6.45, 7) is 16.4. The maximum atomic E-state index is 12.5. The number of aryl methyl sites for hydroxylation is 1. The van der Waals surface area contributed by atoms with Crippen LogP contribution < -0.4 is 15.8 Å². The number of nitrogens with two attached hydrogens (primary N) is 1. The van der Waals surface area contributed by atoms with E-state index in [0.717, 1.165) is 48.7 Å². The fourth-order valence-electron chi connectivity index (χ4n) is 5.34. The molecule has 9 nitrogen and oxygen atoms in total. The van der Waals surface area contributed by atoms with Crippen LogP contribution >= 0.6 is 11.3 Å². The molecule has 2 aromatic rings. The Kier molecular flexibility index (Phi) is 8.88. The van der Waals surface area contributed by atoms with Gasteiger partial charge in [0.15, 0.2) is 8.32 Å². The molecule has 0 saturated heterocycles. The highest BCUT2D eigenvalue weighted by molar-refractivity contribution is 7.19. The summed E-state index contributed by atoms with van der Waals surface area (Å²) in [4.78, 5) is 36.0. The minimum atomic E-state index is -2.18. The standard InChI is InChI=1S/C29H46N4O5SSi/c1-28(2,3)37-27(35)33-18-10-12-19(13-11-18)36-25-23-22-17(9-14-21(22)39-26(23)32-16-31-25)15-20(24(30)34)38-40(7,8)29(4,5)6/h16-20H,9-15H2,1-8H3,(H2,30,34)(H,33,35)/t17-,18-,19-,20+/m1/s1. The Labute approximate surface area is 243 Å². The van der Waals surface area contributed by atoms with Gasteiger partial charge in [-0.2, -0.15) is 0 Å². The number of primary amides is 1. The van der Waals surface area contributed by atoms with Crippen molar-refractivity contribution in [1.29, 1.82) is 0 Å². The fraction of sp³-hybridized carbons (Fsp3) is 0.724. The third kappa shape index (κ3) is 7.14. The number of nitrogens with one attached hydrogen (secondary N) is 1. The lowest BCUT2D eigenvalue weighted by Gasteiger charge is -2.39. The number of amides is 2. The van der Waals surface area contributed by atoms with Crippen LogP contribution in [0.25, 0.3) is 10.2 Å². The topological polar surface area (TPSA) is 126 Å². The molecule has 2 aliphatic carbocycles. The molecule has 2 amide bonds. The third-order valence-corrected chi connectivity index (χ3v) is 14.1. The van der Waals surface area contributed by atoms with E-state index in [2.05, 4.69) is 49.1 Å². The minimum absolute atomic E-state index is 0.00507. The molecule has 222 valence electrons. The highest BCUT2D eigenvalue weighted by Gasteiger charge is 2.42. The number of hydrogen-bond donors (Lipinski definition) is 2. The molecule has 2 heterocycles. The highest BCUT2D eigenvalue weighted by atomic mass is 32.1. The molecule has 0 aromatic carbocycles. The maximum Gasteiger partial charge on any atom is 0.407 e. The number of thiophene rings is 1. The summed E-state index contributed by atoms with van der Waals surface area (Å²) in [5, 5.41) is 3.94. The first-order valence-corrected chi connectivity index (χ1v) is 18.2. The van der Waals surface area contributed by atoms with E-state index >= 15 is 0 Å². The number of carbonyl (C=O) groups is 2. The number of ether oxygens (including phenoxy) is 2. The molecule has 3 N–H and O–H groups in total. The van der Waals surface area contributed by atoms with Gasteiger partial charge in [0.2, 0.25) is 11.8 Å². The third-order valence-electron chi connectivity index (χ3n) is 8.43. The average molecular weight is 591 g/mol. The number of nitrogens with zero attached hydrogens (tertiary/aromatic N) is 2. The molecule has 2 aliphatic rings. The van der Waals surface area contributed by atoms with Crippen molar-refractivity contribution in [2.45, 2.75) is 134 Å². The number of rotatable bonds is 8. The van der Waals surface area contributed by atoms with Gasteiger partial charge in [0.05, 0.1) is 5.39 Å². The molecule has 4 rings (SSSR count). The highest BCUT2D eigenvalue weighted by Crippen LogP contribution is 2.48. The van der Waals surface area contributed by atoms with Gasteiger partial charge < -0.3 is 25.0 Å². The summed E-state index contributed by atoms with van der Waals surface area (Å²) >= 11 is 1.69. The monoisotopic (exact) mass is 590 g/mol. The van der Waals surface area contributed by atoms with Crippen molar-refractivity contribution in [3.8, 4) is 5.88 Å². The maximum absolute atomic E-state index is 12.5. The first-order chi connectivity index (χ1) is 18.5. The molecule has 40 heavy (non-hydrogen) atoms. The van der Waals surface area contributed by atoms with Gasteiger partial charge >= 0.3 is 6.09 Å². The predicted molar refractivity (Wildman–Crippen MR) is 160 cm³/mol. The lowest BCUT2D eigenvalue weighted by Crippen LogP contribution is -2.48. The lowest BCUT2D eigenvalue weighted by atomic mass is 9.92. The molecule has 11 heteroatoms. The van der Waals surface area contributed by atoms with Gasteiger partial charge in [-0.15, -0.1) is 11.3 Å². The molecular formula is C29H46N4O5SSi. The number of carbonyl (C=O) groups excluding carboxylic acids is 2. The van der Waals surface area contributed by atoms with Crippen molar-refractivity contribution in [3.63, 3.8) is 0 Å². The summed E-state index contributed by atoms with van der Waals surface area (Å²) < 4.78 is 18.4. The van der Waals surface area contributed by atoms with Crippen LogP contribution in [-0.4, -0.2) is 54.1 Å². The zero-order valence-corrected chi connectivity index (χ0v) is 27.1. The first-order valence-electron chi connectivity index (χ1n) is 14.4. The van der Waals surface area contributed by atoms with E-state index in [1.165, 1.54) is 10.4 Å². The summed E-state index contributed by atoms with van der Waals surface area (Å²) in [6.07, 6.45) is 6.25. The van der Waals surface area contributed by atoms with Crippen LogP contribution in [0.3, 0.4) is 0 Å². The van der Waals surface area contributed by atoms with E-state index in [9.17, 15) is 9.59 Å². The van der Waals surface area contributed by atoms with Gasteiger partial charge in [0, 0.05) is 10.9 Å². The van der Waals surface area contributed by atoms with Crippen LogP contribution in [0.15, 0.2) is 6.33 Å². The summed E-state index contributed by atoms with van der Waals surface area (Å²) in [5.74, 6) is 0.342. The normalized spacial score (nSPS) is 22.6. The number of hydrogen-bond acceptors (Lipinski definition) is 8. The zero-order valence-electron chi connectivity index (χ0n) is 25.3. The van der Waals surface area contributed by atoms with Crippen molar-refractivity contribution >= 4 is 41.9 Å². The molecular weight excluding hydrogens is 544 g/mol. The van der Waals surface area contributed by atoms with Crippen molar-refractivity contribution in [3.05, 3.63) is 16.8 Å².